The summed E-state index contributed by atoms with van der Waals surface area (Å²) in [6.45, 7) is -0.115. The molecule has 0 aliphatic rings. The molecule has 4 heteroatoms. The molecule has 1 aromatic carbocycles. The van der Waals surface area contributed by atoms with Crippen LogP contribution < -0.4 is 10.5 Å². The highest BCUT2D eigenvalue weighted by Crippen LogP contribution is 2.11. The standard InChI is InChI=1S/C9H8NO3/c10-9(12)7-1-3-8(4-2-7)13-6-5-11/h1-4H,6H2,(H2,10,12). The first-order chi connectivity index (χ1) is 6.24. The summed E-state index contributed by atoms with van der Waals surface area (Å²) in [5.74, 6) is 0.0156. The first kappa shape index (κ1) is 9.25. The molecule has 1 amide bonds. The van der Waals surface area contributed by atoms with Crippen LogP contribution in [0, 0.1) is 0 Å². The van der Waals surface area contributed by atoms with Crippen molar-refractivity contribution in [2.24, 2.45) is 5.73 Å². The summed E-state index contributed by atoms with van der Waals surface area (Å²) in [5.41, 5.74) is 5.43. The third-order valence-electron chi connectivity index (χ3n) is 1.44. The summed E-state index contributed by atoms with van der Waals surface area (Å²) in [6, 6.07) is 6.19. The Labute approximate surface area is 75.3 Å². The Hall–Kier alpha value is -1.84. The topological polar surface area (TPSA) is 69.4 Å². The Kier molecular flexibility index (Phi) is 3.03. The Morgan fingerprint density at radius 2 is 2.00 bits per heavy atom. The second kappa shape index (κ2) is 4.25. The molecule has 0 aromatic heterocycles. The zero-order valence-corrected chi connectivity index (χ0v) is 6.82. The van der Waals surface area contributed by atoms with Crippen molar-refractivity contribution in [1.82, 2.24) is 0 Å². The van der Waals surface area contributed by atoms with Crippen LogP contribution in [0.4, 0.5) is 0 Å². The molecule has 0 saturated carbocycles. The predicted molar refractivity (Wildman–Crippen MR) is 46.1 cm³/mol. The number of primary amides is 1. The van der Waals surface area contributed by atoms with E-state index in [4.69, 9.17) is 10.5 Å². The fourth-order valence-corrected chi connectivity index (χ4v) is 0.828. The molecule has 0 spiro atoms. The summed E-state index contributed by atoms with van der Waals surface area (Å²) in [6.07, 6.45) is 1.59. The van der Waals surface area contributed by atoms with Crippen molar-refractivity contribution in [3.05, 3.63) is 29.8 Å². The molecule has 0 aliphatic carbocycles. The van der Waals surface area contributed by atoms with Gasteiger partial charge < -0.3 is 10.5 Å². The molecule has 0 fully saturated rings. The number of ether oxygens (including phenoxy) is 1. The Morgan fingerprint density at radius 3 is 2.46 bits per heavy atom. The minimum Gasteiger partial charge on any atom is -0.485 e. The molecule has 13 heavy (non-hydrogen) atoms. The molecule has 1 radical (unpaired) electrons. The second-order valence-electron chi connectivity index (χ2n) is 2.32. The smallest absolute Gasteiger partial charge is 0.248 e. The van der Waals surface area contributed by atoms with Gasteiger partial charge in [0.25, 0.3) is 0 Å². The van der Waals surface area contributed by atoms with Gasteiger partial charge >= 0.3 is 0 Å². The monoisotopic (exact) mass is 178 g/mol. The van der Waals surface area contributed by atoms with Gasteiger partial charge in [-0.1, -0.05) is 0 Å². The number of carbonyl (C=O) groups excluding carboxylic acids is 2. The summed E-state index contributed by atoms with van der Waals surface area (Å²) in [4.78, 5) is 20.5. The largest absolute Gasteiger partial charge is 0.485 e. The maximum Gasteiger partial charge on any atom is 0.248 e. The Bertz CT molecular complexity index is 305. The lowest BCUT2D eigenvalue weighted by molar-refractivity contribution is 0.100. The van der Waals surface area contributed by atoms with Gasteiger partial charge in [-0.05, 0) is 24.3 Å². The van der Waals surface area contributed by atoms with Crippen LogP contribution >= 0.6 is 0 Å². The van der Waals surface area contributed by atoms with E-state index >= 15 is 0 Å². The van der Waals surface area contributed by atoms with E-state index < -0.39 is 5.91 Å². The number of nitrogens with two attached hydrogens (primary N) is 1. The second-order valence-corrected chi connectivity index (χ2v) is 2.32. The van der Waals surface area contributed by atoms with Crippen LogP contribution in [0.3, 0.4) is 0 Å². The van der Waals surface area contributed by atoms with Crippen molar-refractivity contribution in [3.8, 4) is 5.75 Å². The third kappa shape index (κ3) is 2.59. The van der Waals surface area contributed by atoms with Crippen molar-refractivity contribution in [3.63, 3.8) is 0 Å². The van der Waals surface area contributed by atoms with E-state index in [1.54, 1.807) is 18.4 Å². The number of rotatable bonds is 4. The average molecular weight is 178 g/mol. The van der Waals surface area contributed by atoms with Gasteiger partial charge in [0, 0.05) is 5.56 Å². The lowest BCUT2D eigenvalue weighted by Gasteiger charge is -2.01. The minimum absolute atomic E-state index is 0.115. The highest BCUT2D eigenvalue weighted by Gasteiger charge is 1.99. The Morgan fingerprint density at radius 1 is 1.38 bits per heavy atom. The van der Waals surface area contributed by atoms with Gasteiger partial charge in [-0.15, -0.1) is 0 Å². The molecular weight excluding hydrogens is 170 g/mol. The Balaban J connectivity index is 2.69. The maximum absolute atomic E-state index is 10.6. The van der Waals surface area contributed by atoms with E-state index in [2.05, 4.69) is 0 Å². The lowest BCUT2D eigenvalue weighted by Crippen LogP contribution is -2.10. The molecule has 1 rings (SSSR count). The molecule has 0 atom stereocenters. The highest BCUT2D eigenvalue weighted by molar-refractivity contribution is 5.92. The predicted octanol–water partition coefficient (Wildman–Crippen LogP) is 0.274. The molecule has 0 heterocycles. The minimum atomic E-state index is -0.492. The van der Waals surface area contributed by atoms with Gasteiger partial charge in [-0.3, -0.25) is 9.59 Å². The molecule has 1 aromatic rings. The summed E-state index contributed by atoms with van der Waals surface area (Å²) in [5, 5.41) is 0. The normalized spacial score (nSPS) is 9.23. The van der Waals surface area contributed by atoms with Crippen molar-refractivity contribution in [2.75, 3.05) is 6.61 Å². The van der Waals surface area contributed by atoms with E-state index in [9.17, 15) is 9.59 Å². The lowest BCUT2D eigenvalue weighted by atomic mass is 10.2. The molecule has 0 aliphatic heterocycles. The van der Waals surface area contributed by atoms with Crippen LogP contribution in [0.25, 0.3) is 0 Å². The number of amides is 1. The first-order valence-electron chi connectivity index (χ1n) is 3.61. The highest BCUT2D eigenvalue weighted by atomic mass is 16.5. The fourth-order valence-electron chi connectivity index (χ4n) is 0.828. The van der Waals surface area contributed by atoms with Gasteiger partial charge in [-0.2, -0.15) is 0 Å². The van der Waals surface area contributed by atoms with E-state index in [1.807, 2.05) is 0 Å². The summed E-state index contributed by atoms with van der Waals surface area (Å²) < 4.78 is 4.91. The maximum atomic E-state index is 10.6. The molecule has 0 saturated heterocycles. The van der Waals surface area contributed by atoms with Crippen LogP contribution in [0.1, 0.15) is 10.4 Å². The average Bonchev–Trinajstić information content (AvgIpc) is 2.15. The van der Waals surface area contributed by atoms with Gasteiger partial charge in [0.2, 0.25) is 12.2 Å². The van der Waals surface area contributed by atoms with Gasteiger partial charge in [0.15, 0.2) is 6.61 Å². The van der Waals surface area contributed by atoms with Crippen LogP contribution in [0.2, 0.25) is 0 Å². The molecule has 67 valence electrons. The first-order valence-corrected chi connectivity index (χ1v) is 3.61. The van der Waals surface area contributed by atoms with Crippen molar-refractivity contribution in [2.45, 2.75) is 0 Å². The summed E-state index contributed by atoms with van der Waals surface area (Å²) in [7, 11) is 0. The van der Waals surface area contributed by atoms with Crippen LogP contribution in [-0.2, 0) is 4.79 Å². The fraction of sp³-hybridized carbons (Fsp3) is 0.111. The molecule has 2 N–H and O–H groups in total. The molecule has 0 unspecified atom stereocenters. The van der Waals surface area contributed by atoms with Gasteiger partial charge in [0.05, 0.1) is 0 Å². The summed E-state index contributed by atoms with van der Waals surface area (Å²) >= 11 is 0. The van der Waals surface area contributed by atoms with E-state index in [1.165, 1.54) is 12.1 Å². The number of benzene rings is 1. The van der Waals surface area contributed by atoms with E-state index in [-0.39, 0.29) is 6.61 Å². The number of carbonyl (C=O) groups is 1. The van der Waals surface area contributed by atoms with Crippen LogP contribution in [0.15, 0.2) is 24.3 Å². The van der Waals surface area contributed by atoms with Gasteiger partial charge in [0.1, 0.15) is 5.75 Å². The van der Waals surface area contributed by atoms with Crippen LogP contribution in [0.5, 0.6) is 5.75 Å². The molecule has 4 nitrogen and oxygen atoms in total. The SMILES string of the molecule is NC(=O)c1ccc(OC[C]=O)cc1. The van der Waals surface area contributed by atoms with Crippen molar-refractivity contribution >= 4 is 12.2 Å². The van der Waals surface area contributed by atoms with Gasteiger partial charge in [-0.25, -0.2) is 0 Å². The molecule has 0 bridgehead atoms. The van der Waals surface area contributed by atoms with Crippen LogP contribution in [-0.4, -0.2) is 18.8 Å². The quantitative estimate of drug-likeness (QED) is 0.719. The third-order valence-corrected chi connectivity index (χ3v) is 1.44. The number of hydrogen-bond donors (Lipinski definition) is 1. The van der Waals surface area contributed by atoms with E-state index in [0.717, 1.165) is 0 Å². The van der Waals surface area contributed by atoms with E-state index in [0.29, 0.717) is 11.3 Å². The van der Waals surface area contributed by atoms with Crippen molar-refractivity contribution < 1.29 is 14.3 Å². The zero-order chi connectivity index (χ0) is 9.68. The zero-order valence-electron chi connectivity index (χ0n) is 6.82. The van der Waals surface area contributed by atoms with Crippen molar-refractivity contribution in [1.29, 1.82) is 0 Å². The number of hydrogen-bond acceptors (Lipinski definition) is 3. The molecular formula is C9H8NO3.